The Bertz CT molecular complexity index is 2150. The summed E-state index contributed by atoms with van der Waals surface area (Å²) in [5.41, 5.74) is 8.37. The summed E-state index contributed by atoms with van der Waals surface area (Å²) in [5, 5.41) is 14.0. The average Bonchev–Trinajstić information content (AvgIpc) is 3.83. The minimum atomic E-state index is -0.536. The first-order valence-corrected chi connectivity index (χ1v) is 15.1. The molecule has 0 radical (unpaired) electrons. The lowest BCUT2D eigenvalue weighted by molar-refractivity contribution is 0.0231. The van der Waals surface area contributed by atoms with Gasteiger partial charge >= 0.3 is 6.09 Å². The molecule has 2 aliphatic heterocycles. The number of nitrogens with one attached hydrogen (secondary N) is 1. The number of ether oxygens (including phenoxy) is 1. The van der Waals surface area contributed by atoms with Gasteiger partial charge in [0, 0.05) is 53.0 Å². The standard InChI is InChI=1S/C34H29ClN8O2/c1-34(2,3)45-33(44)42-19-22-15-23(42)18-41(22)21-7-8-25(27(35)16-21)29-11-14-37-32-30(24-5-4-6-28-26(24)17-38-39-28)31(40-43(29)32)20-9-12-36-13-10-20/h4-17,23H,18-19H2,1-3H3,(H,38,39)/t23-/m0/s1. The number of benzene rings is 2. The third-order valence-corrected chi connectivity index (χ3v) is 8.54. The van der Waals surface area contributed by atoms with E-state index in [1.165, 1.54) is 0 Å². The fraction of sp³-hybridized carbons (Fsp3) is 0.206. The van der Waals surface area contributed by atoms with E-state index in [0.29, 0.717) is 23.8 Å². The summed E-state index contributed by atoms with van der Waals surface area (Å²) in [6, 6.07) is 17.9. The van der Waals surface area contributed by atoms with Gasteiger partial charge in [0.2, 0.25) is 0 Å². The summed E-state index contributed by atoms with van der Waals surface area (Å²) < 4.78 is 7.48. The fourth-order valence-corrected chi connectivity index (χ4v) is 6.53. The van der Waals surface area contributed by atoms with Gasteiger partial charge in [-0.25, -0.2) is 14.3 Å². The Morgan fingerprint density at radius 2 is 1.89 bits per heavy atom. The number of anilines is 1. The lowest BCUT2D eigenvalue weighted by Crippen LogP contribution is -2.48. The van der Waals surface area contributed by atoms with Crippen LogP contribution < -0.4 is 4.90 Å². The Hall–Kier alpha value is -5.22. The molecule has 0 saturated heterocycles. The zero-order valence-electron chi connectivity index (χ0n) is 24.9. The highest BCUT2D eigenvalue weighted by Crippen LogP contribution is 2.41. The van der Waals surface area contributed by atoms with E-state index >= 15 is 0 Å². The van der Waals surface area contributed by atoms with Crippen LogP contribution in [0.5, 0.6) is 0 Å². The maximum atomic E-state index is 12.7. The number of hydrogen-bond donors (Lipinski definition) is 1. The van der Waals surface area contributed by atoms with Crippen LogP contribution in [-0.2, 0) is 4.74 Å². The molecule has 10 nitrogen and oxygen atoms in total. The summed E-state index contributed by atoms with van der Waals surface area (Å²) >= 11 is 7.03. The van der Waals surface area contributed by atoms with Gasteiger partial charge in [0.15, 0.2) is 5.65 Å². The van der Waals surface area contributed by atoms with Crippen molar-refractivity contribution >= 4 is 39.9 Å². The molecule has 6 heterocycles. The van der Waals surface area contributed by atoms with Crippen LogP contribution in [0.3, 0.4) is 0 Å². The minimum Gasteiger partial charge on any atom is -0.444 e. The van der Waals surface area contributed by atoms with Crippen LogP contribution in [0.1, 0.15) is 20.8 Å². The Kier molecular flexibility index (Phi) is 6.18. The molecule has 224 valence electrons. The van der Waals surface area contributed by atoms with Gasteiger partial charge in [-0.3, -0.25) is 15.0 Å². The quantitative estimate of drug-likeness (QED) is 0.228. The first kappa shape index (κ1) is 27.3. The van der Waals surface area contributed by atoms with Gasteiger partial charge < -0.3 is 9.64 Å². The molecule has 1 atom stereocenters. The summed E-state index contributed by atoms with van der Waals surface area (Å²) in [6.45, 7) is 6.80. The lowest BCUT2D eigenvalue weighted by atomic mass is 9.99. The van der Waals surface area contributed by atoms with Crippen LogP contribution in [0, 0.1) is 0 Å². The number of piperazine rings is 1. The molecule has 2 bridgehead atoms. The van der Waals surface area contributed by atoms with Crippen molar-refractivity contribution < 1.29 is 9.53 Å². The normalized spacial score (nSPS) is 16.2. The van der Waals surface area contributed by atoms with Crippen LogP contribution in [-0.4, -0.2) is 65.5 Å². The molecule has 45 heavy (non-hydrogen) atoms. The largest absolute Gasteiger partial charge is 0.444 e. The number of amides is 1. The number of halogens is 1. The van der Waals surface area contributed by atoms with Crippen LogP contribution in [0.2, 0.25) is 5.02 Å². The molecule has 1 amide bonds. The molecule has 4 aromatic heterocycles. The highest BCUT2D eigenvalue weighted by Gasteiger charge is 2.41. The van der Waals surface area contributed by atoms with E-state index < -0.39 is 5.60 Å². The second-order valence-electron chi connectivity index (χ2n) is 12.3. The number of fused-ring (bicyclic) bond motifs is 3. The summed E-state index contributed by atoms with van der Waals surface area (Å²) in [7, 11) is 0. The molecular formula is C34H29ClN8O2. The van der Waals surface area contributed by atoms with Crippen molar-refractivity contribution in [3.8, 4) is 33.6 Å². The average molecular weight is 617 g/mol. The minimum absolute atomic E-state index is 0.0399. The SMILES string of the molecule is CC(C)(C)OC(=O)N1CC2=C[C@H]1CN2c1ccc(-c2ccnc3c(-c4cccc5[nH]ncc45)c(-c4ccncc4)nn23)c(Cl)c1. The molecule has 0 unspecified atom stereocenters. The van der Waals surface area contributed by atoms with E-state index in [1.54, 1.807) is 23.5 Å². The van der Waals surface area contributed by atoms with Crippen LogP contribution in [0.4, 0.5) is 10.5 Å². The van der Waals surface area contributed by atoms with E-state index in [-0.39, 0.29) is 12.1 Å². The summed E-state index contributed by atoms with van der Waals surface area (Å²) in [5.74, 6) is 0. The molecule has 6 aromatic rings. The van der Waals surface area contributed by atoms with Crippen LogP contribution >= 0.6 is 11.6 Å². The number of aromatic nitrogens is 6. The van der Waals surface area contributed by atoms with Crippen molar-refractivity contribution in [1.82, 2.24) is 34.7 Å². The predicted molar refractivity (Wildman–Crippen MR) is 174 cm³/mol. The third-order valence-electron chi connectivity index (χ3n) is 8.23. The molecule has 1 N–H and O–H groups in total. The van der Waals surface area contributed by atoms with Crippen molar-refractivity contribution in [1.29, 1.82) is 0 Å². The predicted octanol–water partition coefficient (Wildman–Crippen LogP) is 6.98. The monoisotopic (exact) mass is 616 g/mol. The topological polar surface area (TPSA) is 105 Å². The van der Waals surface area contributed by atoms with Gasteiger partial charge in [0.25, 0.3) is 0 Å². The molecule has 8 rings (SSSR count). The smallest absolute Gasteiger partial charge is 0.411 e. The second kappa shape index (κ2) is 10.2. The number of carbonyl (C=O) groups is 1. The first-order valence-electron chi connectivity index (χ1n) is 14.7. The third kappa shape index (κ3) is 4.60. The van der Waals surface area contributed by atoms with Crippen LogP contribution in [0.25, 0.3) is 50.2 Å². The van der Waals surface area contributed by atoms with Crippen molar-refractivity contribution in [2.24, 2.45) is 0 Å². The first-order chi connectivity index (χ1) is 21.7. The molecule has 2 aliphatic rings. The number of nitrogens with zero attached hydrogens (tertiary/aromatic N) is 7. The molecule has 11 heteroatoms. The highest BCUT2D eigenvalue weighted by molar-refractivity contribution is 6.33. The van der Waals surface area contributed by atoms with Gasteiger partial charge in [-0.15, -0.1) is 0 Å². The number of pyridine rings is 1. The van der Waals surface area contributed by atoms with E-state index in [4.69, 9.17) is 26.4 Å². The van der Waals surface area contributed by atoms with Crippen molar-refractivity contribution in [3.63, 3.8) is 0 Å². The Balaban J connectivity index is 1.17. The summed E-state index contributed by atoms with van der Waals surface area (Å²) in [4.78, 5) is 25.7. The highest BCUT2D eigenvalue weighted by atomic mass is 35.5. The Morgan fingerprint density at radius 1 is 1.04 bits per heavy atom. The van der Waals surface area contributed by atoms with E-state index in [1.807, 2.05) is 73.9 Å². The number of H-pyrrole nitrogens is 1. The molecule has 0 fully saturated rings. The molecule has 0 spiro atoms. The number of aromatic amines is 1. The molecule has 2 aromatic carbocycles. The zero-order chi connectivity index (χ0) is 30.9. The second-order valence-corrected chi connectivity index (χ2v) is 12.7. The Labute approximate surface area is 263 Å². The number of hydrogen-bond acceptors (Lipinski definition) is 7. The van der Waals surface area contributed by atoms with E-state index in [9.17, 15) is 4.79 Å². The maximum absolute atomic E-state index is 12.7. The molecular weight excluding hydrogens is 588 g/mol. The van der Waals surface area contributed by atoms with Crippen molar-refractivity contribution in [3.05, 3.63) is 96.2 Å². The number of carbonyl (C=O) groups excluding carboxylic acids is 1. The zero-order valence-corrected chi connectivity index (χ0v) is 25.7. The van der Waals surface area contributed by atoms with Crippen molar-refractivity contribution in [2.45, 2.75) is 32.4 Å². The Morgan fingerprint density at radius 3 is 2.64 bits per heavy atom. The van der Waals surface area contributed by atoms with E-state index in [2.05, 4.69) is 38.3 Å². The maximum Gasteiger partial charge on any atom is 0.411 e. The number of rotatable bonds is 4. The van der Waals surface area contributed by atoms with Crippen LogP contribution in [0.15, 0.2) is 91.2 Å². The molecule has 0 saturated carbocycles. The van der Waals surface area contributed by atoms with Gasteiger partial charge in [0.1, 0.15) is 11.3 Å². The molecule has 0 aliphatic carbocycles. The van der Waals surface area contributed by atoms with E-state index in [0.717, 1.165) is 55.9 Å². The lowest BCUT2D eigenvalue weighted by Gasteiger charge is -2.36. The fourth-order valence-electron chi connectivity index (χ4n) is 6.25. The summed E-state index contributed by atoms with van der Waals surface area (Å²) in [6.07, 6.45) is 8.99. The van der Waals surface area contributed by atoms with Gasteiger partial charge in [-0.2, -0.15) is 10.2 Å². The van der Waals surface area contributed by atoms with Gasteiger partial charge in [-0.05, 0) is 74.9 Å². The van der Waals surface area contributed by atoms with Crippen molar-refractivity contribution in [2.75, 3.05) is 18.0 Å². The van der Waals surface area contributed by atoms with Gasteiger partial charge in [-0.1, -0.05) is 23.7 Å². The van der Waals surface area contributed by atoms with Gasteiger partial charge in [0.05, 0.1) is 40.6 Å².